The van der Waals surface area contributed by atoms with Gasteiger partial charge in [0.2, 0.25) is 11.8 Å². The minimum Gasteiger partial charge on any atom is -0.466 e. The fourth-order valence-corrected chi connectivity index (χ4v) is 3.46. The Balaban J connectivity index is 1.93. The number of rotatable bonds is 8. The molecule has 29 heavy (non-hydrogen) atoms. The van der Waals surface area contributed by atoms with E-state index in [-0.39, 0.29) is 29.8 Å². The molecule has 2 amide bonds. The lowest BCUT2D eigenvalue weighted by atomic mass is 10.1. The van der Waals surface area contributed by atoms with Crippen LogP contribution in [0.5, 0.6) is 0 Å². The van der Waals surface area contributed by atoms with E-state index >= 15 is 0 Å². The van der Waals surface area contributed by atoms with Gasteiger partial charge in [0.05, 0.1) is 19.4 Å². The summed E-state index contributed by atoms with van der Waals surface area (Å²) in [5.41, 5.74) is 1.94. The molecule has 1 aromatic rings. The minimum absolute atomic E-state index is 0.105. The summed E-state index contributed by atoms with van der Waals surface area (Å²) in [6, 6.07) is 6.85. The molecule has 1 atom stereocenters. The molecule has 1 aromatic carbocycles. The highest BCUT2D eigenvalue weighted by Gasteiger charge is 2.34. The molecular formula is C21H29N3O4S. The lowest BCUT2D eigenvalue weighted by molar-refractivity contribution is -0.147. The average Bonchev–Trinajstić information content (AvgIpc) is 2.68. The molecule has 0 aliphatic carbocycles. The van der Waals surface area contributed by atoms with Gasteiger partial charge < -0.3 is 20.3 Å². The molecular weight excluding hydrogens is 390 g/mol. The molecule has 0 saturated carbocycles. The Kier molecular flexibility index (Phi) is 9.05. The number of ether oxygens (including phenoxy) is 1. The van der Waals surface area contributed by atoms with Crippen LogP contribution in [0, 0.1) is 6.92 Å². The Hall–Kier alpha value is -2.48. The highest BCUT2D eigenvalue weighted by Crippen LogP contribution is 2.12. The van der Waals surface area contributed by atoms with E-state index in [1.165, 1.54) is 0 Å². The van der Waals surface area contributed by atoms with E-state index in [0.717, 1.165) is 30.4 Å². The summed E-state index contributed by atoms with van der Waals surface area (Å²) in [5, 5.41) is 5.59. The number of aryl methyl sites for hydroxylation is 1. The van der Waals surface area contributed by atoms with E-state index in [0.29, 0.717) is 19.7 Å². The van der Waals surface area contributed by atoms with Crippen LogP contribution in [0.25, 0.3) is 0 Å². The number of nitrogens with zero attached hydrogens (tertiary/aromatic N) is 1. The summed E-state index contributed by atoms with van der Waals surface area (Å²) in [6.45, 7) is 5.18. The van der Waals surface area contributed by atoms with Gasteiger partial charge in [-0.2, -0.15) is 0 Å². The van der Waals surface area contributed by atoms with Crippen molar-refractivity contribution in [3.8, 4) is 0 Å². The first-order chi connectivity index (χ1) is 13.9. The number of unbranched alkanes of at least 4 members (excludes halogenated alkanes) is 2. The monoisotopic (exact) mass is 419 g/mol. The molecule has 158 valence electrons. The molecule has 1 aliphatic heterocycles. The molecule has 0 radical (unpaired) electrons. The maximum absolute atomic E-state index is 12.4. The number of thiocarbonyl (C=S) groups is 1. The molecule has 1 unspecified atom stereocenters. The highest BCUT2D eigenvalue weighted by molar-refractivity contribution is 7.80. The molecule has 1 heterocycles. The van der Waals surface area contributed by atoms with Crippen LogP contribution in [0.4, 0.5) is 0 Å². The SMILES string of the molecule is CCCCCOC(=O)CC1C(=O)NCCN1C(=S)NC(=O)Cc1ccccc1C. The molecule has 0 aromatic heterocycles. The number of hydrogen-bond donors (Lipinski definition) is 2. The van der Waals surface area contributed by atoms with Gasteiger partial charge in [-0.05, 0) is 36.7 Å². The molecule has 0 bridgehead atoms. The van der Waals surface area contributed by atoms with Crippen molar-refractivity contribution in [1.29, 1.82) is 0 Å². The van der Waals surface area contributed by atoms with Gasteiger partial charge in [-0.25, -0.2) is 0 Å². The van der Waals surface area contributed by atoms with Gasteiger partial charge in [-0.1, -0.05) is 44.0 Å². The highest BCUT2D eigenvalue weighted by atomic mass is 32.1. The number of hydrogen-bond acceptors (Lipinski definition) is 5. The number of nitrogens with one attached hydrogen (secondary N) is 2. The largest absolute Gasteiger partial charge is 0.466 e. The Morgan fingerprint density at radius 1 is 1.31 bits per heavy atom. The standard InChI is InChI=1S/C21H29N3O4S/c1-3-4-7-12-28-19(26)14-17-20(27)22-10-11-24(17)21(29)23-18(25)13-16-9-6-5-8-15(16)2/h5-6,8-9,17H,3-4,7,10-14H2,1-2H3,(H,22,27)(H,23,25,29). The van der Waals surface area contributed by atoms with Gasteiger partial charge in [-0.3, -0.25) is 14.4 Å². The lowest BCUT2D eigenvalue weighted by Gasteiger charge is -2.36. The van der Waals surface area contributed by atoms with Crippen LogP contribution in [0.2, 0.25) is 0 Å². The van der Waals surface area contributed by atoms with Crippen molar-refractivity contribution < 1.29 is 19.1 Å². The fourth-order valence-electron chi connectivity index (χ4n) is 3.13. The third kappa shape index (κ3) is 7.12. The zero-order chi connectivity index (χ0) is 21.2. The van der Waals surface area contributed by atoms with Crippen LogP contribution in [0.3, 0.4) is 0 Å². The molecule has 7 nitrogen and oxygen atoms in total. The zero-order valence-corrected chi connectivity index (χ0v) is 17.8. The van der Waals surface area contributed by atoms with Crippen LogP contribution in [-0.4, -0.2) is 53.5 Å². The summed E-state index contributed by atoms with van der Waals surface area (Å²) in [6.07, 6.45) is 2.91. The van der Waals surface area contributed by atoms with Gasteiger partial charge in [0.15, 0.2) is 5.11 Å². The Labute approximate surface area is 177 Å². The van der Waals surface area contributed by atoms with Crippen molar-refractivity contribution in [3.63, 3.8) is 0 Å². The summed E-state index contributed by atoms with van der Waals surface area (Å²) in [7, 11) is 0. The van der Waals surface area contributed by atoms with E-state index in [2.05, 4.69) is 17.6 Å². The topological polar surface area (TPSA) is 87.7 Å². The van der Waals surface area contributed by atoms with Crippen LogP contribution in [0.15, 0.2) is 24.3 Å². The molecule has 1 saturated heterocycles. The quantitative estimate of drug-likeness (QED) is 0.380. The van der Waals surface area contributed by atoms with Crippen molar-refractivity contribution in [2.75, 3.05) is 19.7 Å². The molecule has 0 spiro atoms. The normalized spacial score (nSPS) is 16.1. The predicted molar refractivity (Wildman–Crippen MR) is 114 cm³/mol. The van der Waals surface area contributed by atoms with Crippen LogP contribution in [0.1, 0.15) is 43.7 Å². The third-order valence-electron chi connectivity index (χ3n) is 4.82. The molecule has 2 N–H and O–H groups in total. The molecule has 2 rings (SSSR count). The van der Waals surface area contributed by atoms with Gasteiger partial charge in [0, 0.05) is 13.1 Å². The van der Waals surface area contributed by atoms with E-state index in [9.17, 15) is 14.4 Å². The van der Waals surface area contributed by atoms with Crippen molar-refractivity contribution in [3.05, 3.63) is 35.4 Å². The smallest absolute Gasteiger partial charge is 0.308 e. The summed E-state index contributed by atoms with van der Waals surface area (Å²) in [5.74, 6) is -0.990. The maximum atomic E-state index is 12.4. The van der Waals surface area contributed by atoms with Gasteiger partial charge in [0.25, 0.3) is 0 Å². The molecule has 1 fully saturated rings. The summed E-state index contributed by atoms with van der Waals surface area (Å²) >= 11 is 5.37. The van der Waals surface area contributed by atoms with Gasteiger partial charge in [-0.15, -0.1) is 0 Å². The Morgan fingerprint density at radius 2 is 2.07 bits per heavy atom. The van der Waals surface area contributed by atoms with Crippen molar-refractivity contribution in [2.45, 2.75) is 52.0 Å². The summed E-state index contributed by atoms with van der Waals surface area (Å²) in [4.78, 5) is 38.4. The van der Waals surface area contributed by atoms with Crippen LogP contribution >= 0.6 is 12.2 Å². The van der Waals surface area contributed by atoms with Crippen molar-refractivity contribution in [2.24, 2.45) is 0 Å². The first kappa shape index (κ1) is 22.8. The fraction of sp³-hybridized carbons (Fsp3) is 0.524. The van der Waals surface area contributed by atoms with Gasteiger partial charge in [0.1, 0.15) is 6.04 Å². The number of piperazine rings is 1. The number of amides is 2. The zero-order valence-electron chi connectivity index (χ0n) is 17.0. The number of carbonyl (C=O) groups excluding carboxylic acids is 3. The predicted octanol–water partition coefficient (Wildman–Crippen LogP) is 1.86. The minimum atomic E-state index is -0.784. The van der Waals surface area contributed by atoms with E-state index in [1.807, 2.05) is 31.2 Å². The second-order valence-corrected chi connectivity index (χ2v) is 7.48. The first-order valence-electron chi connectivity index (χ1n) is 10.0. The Morgan fingerprint density at radius 3 is 2.79 bits per heavy atom. The first-order valence-corrected chi connectivity index (χ1v) is 10.4. The third-order valence-corrected chi connectivity index (χ3v) is 5.16. The average molecular weight is 420 g/mol. The van der Waals surface area contributed by atoms with Crippen LogP contribution < -0.4 is 10.6 Å². The molecule has 1 aliphatic rings. The van der Waals surface area contributed by atoms with E-state index in [4.69, 9.17) is 17.0 Å². The molecule has 8 heteroatoms. The second-order valence-electron chi connectivity index (χ2n) is 7.09. The lowest BCUT2D eigenvalue weighted by Crippen LogP contribution is -2.60. The maximum Gasteiger partial charge on any atom is 0.308 e. The number of carbonyl (C=O) groups is 3. The number of esters is 1. The van der Waals surface area contributed by atoms with Crippen molar-refractivity contribution in [1.82, 2.24) is 15.5 Å². The van der Waals surface area contributed by atoms with E-state index < -0.39 is 12.0 Å². The number of benzene rings is 1. The van der Waals surface area contributed by atoms with Crippen LogP contribution in [-0.2, 0) is 25.5 Å². The summed E-state index contributed by atoms with van der Waals surface area (Å²) < 4.78 is 5.22. The second kappa shape index (κ2) is 11.5. The van der Waals surface area contributed by atoms with Crippen molar-refractivity contribution >= 4 is 35.1 Å². The van der Waals surface area contributed by atoms with Gasteiger partial charge >= 0.3 is 5.97 Å². The van der Waals surface area contributed by atoms with E-state index in [1.54, 1.807) is 4.90 Å². The Bertz CT molecular complexity index is 753.